The van der Waals surface area contributed by atoms with E-state index in [2.05, 4.69) is 39.5 Å². The number of hydrogen-bond donors (Lipinski definition) is 2. The number of nitrogens with one attached hydrogen (secondary N) is 2. The minimum atomic E-state index is 0.628. The van der Waals surface area contributed by atoms with Crippen molar-refractivity contribution in [1.29, 1.82) is 0 Å². The lowest BCUT2D eigenvalue weighted by molar-refractivity contribution is 0.322. The Morgan fingerprint density at radius 1 is 1.33 bits per heavy atom. The molecule has 1 saturated heterocycles. The Labute approximate surface area is 109 Å². The van der Waals surface area contributed by atoms with Crippen LogP contribution < -0.4 is 10.6 Å². The van der Waals surface area contributed by atoms with E-state index in [1.807, 2.05) is 13.0 Å². The van der Waals surface area contributed by atoms with E-state index in [1.54, 1.807) is 0 Å². The van der Waals surface area contributed by atoms with E-state index in [1.165, 1.54) is 19.4 Å². The highest BCUT2D eigenvalue weighted by Crippen LogP contribution is 2.16. The molecule has 1 unspecified atom stereocenters. The van der Waals surface area contributed by atoms with Crippen LogP contribution in [0.5, 0.6) is 0 Å². The number of likely N-dealkylation sites (N-methyl/N-ethyl adjacent to an activating group) is 1. The molecule has 1 aromatic heterocycles. The first kappa shape index (κ1) is 13.1. The van der Waals surface area contributed by atoms with Crippen molar-refractivity contribution < 1.29 is 0 Å². The van der Waals surface area contributed by atoms with Crippen LogP contribution in [0.4, 0.5) is 11.6 Å². The molecule has 1 aliphatic heterocycles. The summed E-state index contributed by atoms with van der Waals surface area (Å²) in [7, 11) is 2.19. The van der Waals surface area contributed by atoms with Crippen LogP contribution in [0.3, 0.4) is 0 Å². The lowest BCUT2D eigenvalue weighted by Crippen LogP contribution is -2.31. The van der Waals surface area contributed by atoms with Crippen molar-refractivity contribution in [3.8, 4) is 0 Å². The first-order chi connectivity index (χ1) is 8.69. The fourth-order valence-corrected chi connectivity index (χ4v) is 2.39. The number of aryl methyl sites for hydroxylation is 1. The van der Waals surface area contributed by atoms with Gasteiger partial charge in [-0.25, -0.2) is 9.97 Å². The van der Waals surface area contributed by atoms with Gasteiger partial charge in [0.1, 0.15) is 17.5 Å². The van der Waals surface area contributed by atoms with Gasteiger partial charge < -0.3 is 15.5 Å². The van der Waals surface area contributed by atoms with Crippen LogP contribution in [0.25, 0.3) is 0 Å². The van der Waals surface area contributed by atoms with Crippen LogP contribution in [0.2, 0.25) is 0 Å². The summed E-state index contributed by atoms with van der Waals surface area (Å²) in [6.07, 6.45) is 2.57. The largest absolute Gasteiger partial charge is 0.370 e. The van der Waals surface area contributed by atoms with Gasteiger partial charge in [0.05, 0.1) is 0 Å². The molecule has 0 spiro atoms. The Morgan fingerprint density at radius 2 is 2.06 bits per heavy atom. The summed E-state index contributed by atoms with van der Waals surface area (Å²) in [6, 6.07) is 2.61. The predicted molar refractivity (Wildman–Crippen MR) is 75.1 cm³/mol. The molecule has 0 aliphatic carbocycles. The second-order valence-electron chi connectivity index (χ2n) is 4.87. The zero-order valence-electron chi connectivity index (χ0n) is 11.5. The van der Waals surface area contributed by atoms with Crippen LogP contribution in [-0.4, -0.2) is 47.6 Å². The van der Waals surface area contributed by atoms with Crippen LogP contribution in [0, 0.1) is 6.92 Å². The highest BCUT2D eigenvalue weighted by Gasteiger charge is 2.20. The van der Waals surface area contributed by atoms with Crippen LogP contribution in [0.1, 0.15) is 25.6 Å². The molecule has 0 radical (unpaired) electrons. The molecule has 2 rings (SSSR count). The third kappa shape index (κ3) is 3.32. The predicted octanol–water partition coefficient (Wildman–Crippen LogP) is 1.72. The Kier molecular flexibility index (Phi) is 4.36. The fraction of sp³-hybridized carbons (Fsp3) is 0.692. The van der Waals surface area contributed by atoms with E-state index >= 15 is 0 Å². The Bertz CT molecular complexity index is 393. The van der Waals surface area contributed by atoms with Gasteiger partial charge in [-0.1, -0.05) is 0 Å². The summed E-state index contributed by atoms with van der Waals surface area (Å²) in [6.45, 7) is 7.03. The minimum Gasteiger partial charge on any atom is -0.370 e. The van der Waals surface area contributed by atoms with Gasteiger partial charge in [-0.3, -0.25) is 0 Å². The van der Waals surface area contributed by atoms with Gasteiger partial charge >= 0.3 is 0 Å². The first-order valence-electron chi connectivity index (χ1n) is 6.72. The number of nitrogens with zero attached hydrogens (tertiary/aromatic N) is 3. The van der Waals surface area contributed by atoms with Crippen LogP contribution in [-0.2, 0) is 0 Å². The van der Waals surface area contributed by atoms with Crippen molar-refractivity contribution in [3.05, 3.63) is 11.9 Å². The van der Waals surface area contributed by atoms with Crippen molar-refractivity contribution in [1.82, 2.24) is 14.9 Å². The fourth-order valence-electron chi connectivity index (χ4n) is 2.39. The van der Waals surface area contributed by atoms with Crippen LogP contribution in [0.15, 0.2) is 6.07 Å². The number of likely N-dealkylation sites (tertiary alicyclic amines) is 1. The summed E-state index contributed by atoms with van der Waals surface area (Å²) < 4.78 is 0. The van der Waals surface area contributed by atoms with Crippen molar-refractivity contribution >= 4 is 11.6 Å². The molecule has 5 nitrogen and oxygen atoms in total. The minimum absolute atomic E-state index is 0.628. The van der Waals surface area contributed by atoms with E-state index in [0.29, 0.717) is 6.04 Å². The smallest absolute Gasteiger partial charge is 0.131 e. The maximum atomic E-state index is 4.42. The van der Waals surface area contributed by atoms with Gasteiger partial charge in [0.2, 0.25) is 0 Å². The maximum Gasteiger partial charge on any atom is 0.131 e. The van der Waals surface area contributed by atoms with Gasteiger partial charge in [0.15, 0.2) is 0 Å². The molecule has 100 valence electrons. The lowest BCUT2D eigenvalue weighted by atomic mass is 10.2. The molecule has 1 aliphatic rings. The van der Waals surface area contributed by atoms with Gasteiger partial charge in [-0.05, 0) is 40.3 Å². The van der Waals surface area contributed by atoms with Crippen molar-refractivity contribution in [2.75, 3.05) is 37.3 Å². The monoisotopic (exact) mass is 249 g/mol. The van der Waals surface area contributed by atoms with Crippen LogP contribution >= 0.6 is 0 Å². The van der Waals surface area contributed by atoms with Gasteiger partial charge in [0, 0.05) is 25.2 Å². The number of aromatic nitrogens is 2. The van der Waals surface area contributed by atoms with E-state index in [9.17, 15) is 0 Å². The highest BCUT2D eigenvalue weighted by molar-refractivity contribution is 5.47. The molecule has 1 fully saturated rings. The Balaban J connectivity index is 1.95. The van der Waals surface area contributed by atoms with E-state index in [-0.39, 0.29) is 0 Å². The average Bonchev–Trinajstić information content (AvgIpc) is 2.72. The molecule has 5 heteroatoms. The molecule has 2 heterocycles. The zero-order valence-corrected chi connectivity index (χ0v) is 11.5. The maximum absolute atomic E-state index is 4.42. The molecular weight excluding hydrogens is 226 g/mol. The zero-order chi connectivity index (χ0) is 13.0. The SMILES string of the molecule is CCNc1cc(NCC2CCCN2C)nc(C)n1. The topological polar surface area (TPSA) is 53.1 Å². The third-order valence-electron chi connectivity index (χ3n) is 3.39. The lowest BCUT2D eigenvalue weighted by Gasteiger charge is -2.20. The molecule has 2 N–H and O–H groups in total. The van der Waals surface area contributed by atoms with Crippen molar-refractivity contribution in [3.63, 3.8) is 0 Å². The summed E-state index contributed by atoms with van der Waals surface area (Å²) >= 11 is 0. The standard InChI is InChI=1S/C13H23N5/c1-4-14-12-8-13(17-10(2)16-12)15-9-11-6-5-7-18(11)3/h8,11H,4-7,9H2,1-3H3,(H2,14,15,16,17). The quantitative estimate of drug-likeness (QED) is 0.832. The second kappa shape index (κ2) is 6.00. The van der Waals surface area contributed by atoms with E-state index < -0.39 is 0 Å². The summed E-state index contributed by atoms with van der Waals surface area (Å²) in [4.78, 5) is 11.2. The number of anilines is 2. The molecule has 0 bridgehead atoms. The van der Waals surface area contributed by atoms with Gasteiger partial charge in [0.25, 0.3) is 0 Å². The second-order valence-corrected chi connectivity index (χ2v) is 4.87. The number of hydrogen-bond acceptors (Lipinski definition) is 5. The molecule has 0 aromatic carbocycles. The summed E-state index contributed by atoms with van der Waals surface area (Å²) in [5.41, 5.74) is 0. The van der Waals surface area contributed by atoms with Crippen molar-refractivity contribution in [2.45, 2.75) is 32.7 Å². The Hall–Kier alpha value is -1.36. The highest BCUT2D eigenvalue weighted by atomic mass is 15.2. The van der Waals surface area contributed by atoms with Crippen molar-refractivity contribution in [2.24, 2.45) is 0 Å². The third-order valence-corrected chi connectivity index (χ3v) is 3.39. The van der Waals surface area contributed by atoms with E-state index in [0.717, 1.165) is 30.5 Å². The Morgan fingerprint density at radius 3 is 2.67 bits per heavy atom. The molecular formula is C13H23N5. The van der Waals surface area contributed by atoms with E-state index in [4.69, 9.17) is 0 Å². The molecule has 0 saturated carbocycles. The average molecular weight is 249 g/mol. The van der Waals surface area contributed by atoms with Gasteiger partial charge in [-0.15, -0.1) is 0 Å². The molecule has 1 aromatic rings. The first-order valence-corrected chi connectivity index (χ1v) is 6.72. The number of rotatable bonds is 5. The molecule has 1 atom stereocenters. The summed E-state index contributed by atoms with van der Waals surface area (Å²) in [5, 5.41) is 6.65. The molecule has 0 amide bonds. The normalized spacial score (nSPS) is 20.1. The van der Waals surface area contributed by atoms with Gasteiger partial charge in [-0.2, -0.15) is 0 Å². The molecule has 18 heavy (non-hydrogen) atoms. The summed E-state index contributed by atoms with van der Waals surface area (Å²) in [5.74, 6) is 2.61.